The van der Waals surface area contributed by atoms with Crippen molar-refractivity contribution in [2.75, 3.05) is 0 Å². The summed E-state index contributed by atoms with van der Waals surface area (Å²) in [7, 11) is 0. The van der Waals surface area contributed by atoms with Crippen LogP contribution < -0.4 is 0 Å². The number of carbonyl (C=O) groups is 1. The molecule has 0 radical (unpaired) electrons. The molecule has 0 aromatic carbocycles. The molecule has 0 aromatic heterocycles. The second-order valence-corrected chi connectivity index (χ2v) is 5.04. The van der Waals surface area contributed by atoms with Crippen LogP contribution in [-0.4, -0.2) is 11.2 Å². The zero-order chi connectivity index (χ0) is 8.29. The van der Waals surface area contributed by atoms with Crippen LogP contribution in [0, 0.1) is 23.7 Å². The fraction of sp³-hybridized carbons (Fsp3) is 0.900. The van der Waals surface area contributed by atoms with Crippen LogP contribution in [-0.2, 0) is 4.79 Å². The van der Waals surface area contributed by atoms with Crippen LogP contribution in [0.2, 0.25) is 0 Å². The molecule has 0 heterocycles. The second kappa shape index (κ2) is 2.25. The number of alkyl halides is 1. The maximum absolute atomic E-state index is 11.6. The monoisotopic (exact) mass is 184 g/mol. The Hall–Kier alpha value is -0.0400. The highest BCUT2D eigenvalue weighted by Gasteiger charge is 2.58. The Morgan fingerprint density at radius 1 is 1.17 bits per heavy atom. The minimum atomic E-state index is -0.116. The summed E-state index contributed by atoms with van der Waals surface area (Å²) in [6, 6.07) is 0. The third kappa shape index (κ3) is 0.693. The SMILES string of the molecule is O=C1C(Cl)C2CC1C1CCCC21. The normalized spacial score (nSPS) is 56.4. The Morgan fingerprint density at radius 2 is 1.92 bits per heavy atom. The summed E-state index contributed by atoms with van der Waals surface area (Å²) in [5, 5.41) is -0.116. The predicted molar refractivity (Wildman–Crippen MR) is 47.1 cm³/mol. The molecule has 0 aromatic rings. The average molecular weight is 185 g/mol. The summed E-state index contributed by atoms with van der Waals surface area (Å²) < 4.78 is 0. The standard InChI is InChI=1S/C10H13ClO/c11-9-7-4-8(10(9)12)6-3-1-2-5(6)7/h5-9H,1-4H2. The van der Waals surface area contributed by atoms with E-state index in [1.807, 2.05) is 0 Å². The van der Waals surface area contributed by atoms with Gasteiger partial charge in [-0.1, -0.05) is 6.42 Å². The van der Waals surface area contributed by atoms with Crippen molar-refractivity contribution in [1.29, 1.82) is 0 Å². The fourth-order valence-corrected chi connectivity index (χ4v) is 4.22. The van der Waals surface area contributed by atoms with Gasteiger partial charge in [0.1, 0.15) is 0 Å². The molecule has 3 aliphatic carbocycles. The van der Waals surface area contributed by atoms with Gasteiger partial charge < -0.3 is 0 Å². The van der Waals surface area contributed by atoms with Crippen molar-refractivity contribution in [1.82, 2.24) is 0 Å². The third-order valence-corrected chi connectivity index (χ3v) is 4.77. The molecule has 3 rings (SSSR count). The molecular weight excluding hydrogens is 172 g/mol. The molecule has 3 aliphatic rings. The maximum Gasteiger partial charge on any atom is 0.154 e. The number of carbonyl (C=O) groups excluding carboxylic acids is 1. The predicted octanol–water partition coefficient (Wildman–Crippen LogP) is 2.23. The van der Waals surface area contributed by atoms with E-state index in [9.17, 15) is 4.79 Å². The molecule has 0 spiro atoms. The summed E-state index contributed by atoms with van der Waals surface area (Å²) in [5.74, 6) is 2.83. The average Bonchev–Trinajstić information content (AvgIpc) is 2.63. The van der Waals surface area contributed by atoms with E-state index in [-0.39, 0.29) is 5.38 Å². The molecule has 3 fully saturated rings. The first-order valence-electron chi connectivity index (χ1n) is 4.97. The quantitative estimate of drug-likeness (QED) is 0.528. The van der Waals surface area contributed by atoms with Crippen molar-refractivity contribution in [3.05, 3.63) is 0 Å². The van der Waals surface area contributed by atoms with Crippen molar-refractivity contribution in [3.8, 4) is 0 Å². The van der Waals surface area contributed by atoms with Gasteiger partial charge in [-0.3, -0.25) is 4.79 Å². The summed E-state index contributed by atoms with van der Waals surface area (Å²) in [4.78, 5) is 11.6. The molecule has 0 N–H and O–H groups in total. The van der Waals surface area contributed by atoms with Gasteiger partial charge in [-0.05, 0) is 37.0 Å². The number of hydrogen-bond donors (Lipinski definition) is 0. The van der Waals surface area contributed by atoms with E-state index in [0.29, 0.717) is 17.6 Å². The van der Waals surface area contributed by atoms with E-state index in [1.165, 1.54) is 19.3 Å². The first kappa shape index (κ1) is 7.37. The number of ketones is 1. The molecule has 0 saturated heterocycles. The molecule has 0 amide bonds. The Labute approximate surface area is 77.5 Å². The van der Waals surface area contributed by atoms with Crippen molar-refractivity contribution < 1.29 is 4.79 Å². The summed E-state index contributed by atoms with van der Waals surface area (Å²) >= 11 is 6.08. The van der Waals surface area contributed by atoms with Gasteiger partial charge in [0.15, 0.2) is 5.78 Å². The lowest BCUT2D eigenvalue weighted by Crippen LogP contribution is -2.33. The summed E-state index contributed by atoms with van der Waals surface area (Å²) in [6.45, 7) is 0. The van der Waals surface area contributed by atoms with Crippen molar-refractivity contribution in [2.45, 2.75) is 31.1 Å². The van der Waals surface area contributed by atoms with E-state index in [2.05, 4.69) is 0 Å². The number of Topliss-reactive ketones (excluding diaryl/α,β-unsaturated/α-hetero) is 1. The topological polar surface area (TPSA) is 17.1 Å². The van der Waals surface area contributed by atoms with Gasteiger partial charge in [0.25, 0.3) is 0 Å². The van der Waals surface area contributed by atoms with Gasteiger partial charge in [-0.2, -0.15) is 0 Å². The molecule has 2 bridgehead atoms. The molecule has 0 aliphatic heterocycles. The molecular formula is C10H13ClO. The van der Waals surface area contributed by atoms with Crippen molar-refractivity contribution >= 4 is 17.4 Å². The fourth-order valence-electron chi connectivity index (χ4n) is 3.77. The van der Waals surface area contributed by atoms with E-state index in [4.69, 9.17) is 11.6 Å². The molecule has 2 heteroatoms. The largest absolute Gasteiger partial charge is 0.298 e. The van der Waals surface area contributed by atoms with Crippen LogP contribution in [0.15, 0.2) is 0 Å². The van der Waals surface area contributed by atoms with Gasteiger partial charge >= 0.3 is 0 Å². The lowest BCUT2D eigenvalue weighted by molar-refractivity contribution is -0.123. The zero-order valence-corrected chi connectivity index (χ0v) is 7.76. The van der Waals surface area contributed by atoms with E-state index in [1.54, 1.807) is 0 Å². The van der Waals surface area contributed by atoms with Crippen LogP contribution in [0.5, 0.6) is 0 Å². The van der Waals surface area contributed by atoms with Gasteiger partial charge in [0.05, 0.1) is 5.38 Å². The maximum atomic E-state index is 11.6. The molecule has 5 atom stereocenters. The number of hydrogen-bond acceptors (Lipinski definition) is 1. The van der Waals surface area contributed by atoms with E-state index in [0.717, 1.165) is 18.3 Å². The summed E-state index contributed by atoms with van der Waals surface area (Å²) in [6.07, 6.45) is 5.07. The number of rotatable bonds is 0. The van der Waals surface area contributed by atoms with Crippen LogP contribution in [0.1, 0.15) is 25.7 Å². The number of halogens is 1. The van der Waals surface area contributed by atoms with E-state index >= 15 is 0 Å². The van der Waals surface area contributed by atoms with Gasteiger partial charge in [-0.25, -0.2) is 0 Å². The highest BCUT2D eigenvalue weighted by molar-refractivity contribution is 6.32. The molecule has 66 valence electrons. The smallest absolute Gasteiger partial charge is 0.154 e. The van der Waals surface area contributed by atoms with Crippen molar-refractivity contribution in [2.24, 2.45) is 23.7 Å². The van der Waals surface area contributed by atoms with E-state index < -0.39 is 0 Å². The van der Waals surface area contributed by atoms with Crippen LogP contribution in [0.3, 0.4) is 0 Å². The van der Waals surface area contributed by atoms with Crippen LogP contribution >= 0.6 is 11.6 Å². The minimum Gasteiger partial charge on any atom is -0.298 e. The summed E-state index contributed by atoms with van der Waals surface area (Å²) in [5.41, 5.74) is 0. The van der Waals surface area contributed by atoms with Crippen LogP contribution in [0.25, 0.3) is 0 Å². The van der Waals surface area contributed by atoms with Crippen molar-refractivity contribution in [3.63, 3.8) is 0 Å². The Morgan fingerprint density at radius 3 is 2.75 bits per heavy atom. The van der Waals surface area contributed by atoms with Gasteiger partial charge in [0, 0.05) is 5.92 Å². The lowest BCUT2D eigenvalue weighted by atomic mass is 9.81. The molecule has 5 unspecified atom stereocenters. The molecule has 1 nitrogen and oxygen atoms in total. The zero-order valence-electron chi connectivity index (χ0n) is 7.00. The Bertz CT molecular complexity index is 238. The number of fused-ring (bicyclic) bond motifs is 5. The third-order valence-electron chi connectivity index (χ3n) is 4.23. The van der Waals surface area contributed by atoms with Crippen LogP contribution in [0.4, 0.5) is 0 Å². The first-order valence-corrected chi connectivity index (χ1v) is 5.40. The Kier molecular flexibility index (Phi) is 1.39. The Balaban J connectivity index is 1.97. The highest BCUT2D eigenvalue weighted by Crippen LogP contribution is 2.58. The molecule has 12 heavy (non-hydrogen) atoms. The lowest BCUT2D eigenvalue weighted by Gasteiger charge is -2.26. The molecule has 3 saturated carbocycles. The first-order chi connectivity index (χ1) is 5.79. The second-order valence-electron chi connectivity index (χ2n) is 4.57. The van der Waals surface area contributed by atoms with Gasteiger partial charge in [-0.15, -0.1) is 11.6 Å². The minimum absolute atomic E-state index is 0.116. The van der Waals surface area contributed by atoms with Gasteiger partial charge in [0.2, 0.25) is 0 Å². The highest BCUT2D eigenvalue weighted by atomic mass is 35.5.